The van der Waals surface area contributed by atoms with Crippen LogP contribution in [0.1, 0.15) is 22.3 Å². The molecule has 3 aromatic rings. The molecule has 1 aromatic heterocycles. The molecular weight excluding hydrogens is 405 g/mol. The van der Waals surface area contributed by atoms with Gasteiger partial charge in [0.25, 0.3) is 10.0 Å². The van der Waals surface area contributed by atoms with E-state index in [1.54, 1.807) is 36.9 Å². The van der Waals surface area contributed by atoms with E-state index in [1.807, 2.05) is 25.1 Å². The van der Waals surface area contributed by atoms with Gasteiger partial charge in [-0.1, -0.05) is 47.0 Å². The van der Waals surface area contributed by atoms with Crippen molar-refractivity contribution in [2.75, 3.05) is 4.72 Å². The molecule has 2 aromatic carbocycles. The zero-order chi connectivity index (χ0) is 19.8. The van der Waals surface area contributed by atoms with Crippen molar-refractivity contribution >= 4 is 38.9 Å². The van der Waals surface area contributed by atoms with E-state index in [-0.39, 0.29) is 0 Å². The van der Waals surface area contributed by atoms with Crippen LogP contribution < -0.4 is 4.72 Å². The summed E-state index contributed by atoms with van der Waals surface area (Å²) in [5.74, 6) is 0. The van der Waals surface area contributed by atoms with Crippen LogP contribution in [-0.4, -0.2) is 18.2 Å². The van der Waals surface area contributed by atoms with Gasteiger partial charge < -0.3 is 0 Å². The maximum atomic E-state index is 12.8. The predicted molar refractivity (Wildman–Crippen MR) is 109 cm³/mol. The van der Waals surface area contributed by atoms with Crippen molar-refractivity contribution in [3.63, 3.8) is 0 Å². The minimum absolute atomic E-state index is 0.297. The van der Waals surface area contributed by atoms with E-state index in [9.17, 15) is 8.42 Å². The summed E-state index contributed by atoms with van der Waals surface area (Å²) in [5.41, 5.74) is 3.76. The third-order valence-electron chi connectivity index (χ3n) is 4.09. The Balaban J connectivity index is 1.82. The highest BCUT2D eigenvalue weighted by Crippen LogP contribution is 2.25. The van der Waals surface area contributed by atoms with E-state index in [2.05, 4.69) is 9.82 Å². The number of nitrogens with zero attached hydrogens (tertiary/aromatic N) is 2. The predicted octanol–water partition coefficient (Wildman–Crippen LogP) is 4.96. The van der Waals surface area contributed by atoms with Gasteiger partial charge in [0.05, 0.1) is 33.4 Å². The minimum atomic E-state index is -3.71. The molecule has 27 heavy (non-hydrogen) atoms. The molecule has 0 bridgehead atoms. The summed E-state index contributed by atoms with van der Waals surface area (Å²) in [6, 6.07) is 9.03. The van der Waals surface area contributed by atoms with Crippen LogP contribution >= 0.6 is 23.2 Å². The van der Waals surface area contributed by atoms with Gasteiger partial charge in [0.2, 0.25) is 0 Å². The van der Waals surface area contributed by atoms with Crippen molar-refractivity contribution in [3.05, 3.63) is 75.0 Å². The molecule has 1 heterocycles. The molecule has 0 aliphatic rings. The van der Waals surface area contributed by atoms with Crippen LogP contribution in [-0.2, 0) is 16.6 Å². The Morgan fingerprint density at radius 2 is 1.70 bits per heavy atom. The monoisotopic (exact) mass is 423 g/mol. The van der Waals surface area contributed by atoms with Crippen molar-refractivity contribution in [2.24, 2.45) is 0 Å². The lowest BCUT2D eigenvalue weighted by Gasteiger charge is -2.12. The summed E-state index contributed by atoms with van der Waals surface area (Å²) < 4.78 is 29.9. The number of hydrogen-bond donors (Lipinski definition) is 1. The molecule has 0 unspecified atom stereocenters. The van der Waals surface area contributed by atoms with Crippen LogP contribution in [0.25, 0.3) is 0 Å². The van der Waals surface area contributed by atoms with E-state index < -0.39 is 10.0 Å². The van der Waals surface area contributed by atoms with E-state index in [0.29, 0.717) is 38.3 Å². The van der Waals surface area contributed by atoms with Crippen molar-refractivity contribution in [3.8, 4) is 0 Å². The van der Waals surface area contributed by atoms with E-state index in [1.165, 1.54) is 6.20 Å². The maximum absolute atomic E-state index is 12.8. The molecule has 0 saturated heterocycles. The zero-order valence-electron chi connectivity index (χ0n) is 15.1. The van der Waals surface area contributed by atoms with Gasteiger partial charge in [-0.3, -0.25) is 9.40 Å². The molecule has 3 rings (SSSR count). The highest BCUT2D eigenvalue weighted by Gasteiger charge is 2.20. The number of hydrogen-bond acceptors (Lipinski definition) is 3. The topological polar surface area (TPSA) is 64.0 Å². The van der Waals surface area contributed by atoms with Gasteiger partial charge in [-0.15, -0.1) is 0 Å². The van der Waals surface area contributed by atoms with Crippen LogP contribution in [0.15, 0.2) is 47.6 Å². The molecule has 0 aliphatic heterocycles. The van der Waals surface area contributed by atoms with Crippen LogP contribution in [0, 0.1) is 20.8 Å². The fourth-order valence-electron chi connectivity index (χ4n) is 3.12. The van der Waals surface area contributed by atoms with E-state index in [4.69, 9.17) is 23.2 Å². The number of aryl methyl sites for hydroxylation is 3. The molecule has 8 heteroatoms. The summed E-state index contributed by atoms with van der Waals surface area (Å²) >= 11 is 12.0. The SMILES string of the molecule is Cc1cc(C)c(S(=O)(=O)Nc2cnn(Cc3ccc(Cl)c(Cl)c3)c2)c(C)c1. The summed E-state index contributed by atoms with van der Waals surface area (Å²) in [4.78, 5) is 0.297. The van der Waals surface area contributed by atoms with Gasteiger partial charge in [-0.25, -0.2) is 8.42 Å². The molecule has 0 atom stereocenters. The number of aromatic nitrogens is 2. The Kier molecular flexibility index (Phi) is 5.51. The molecule has 142 valence electrons. The second kappa shape index (κ2) is 7.54. The number of sulfonamides is 1. The number of benzene rings is 2. The molecule has 0 amide bonds. The second-order valence-corrected chi connectivity index (χ2v) is 8.94. The quantitative estimate of drug-likeness (QED) is 0.630. The summed E-state index contributed by atoms with van der Waals surface area (Å²) in [6.07, 6.45) is 3.12. The Bertz CT molecular complexity index is 1080. The van der Waals surface area contributed by atoms with Crippen molar-refractivity contribution in [1.82, 2.24) is 9.78 Å². The van der Waals surface area contributed by atoms with Gasteiger partial charge >= 0.3 is 0 Å². The molecule has 5 nitrogen and oxygen atoms in total. The highest BCUT2D eigenvalue weighted by atomic mass is 35.5. The lowest BCUT2D eigenvalue weighted by molar-refractivity contribution is 0.600. The number of anilines is 1. The largest absolute Gasteiger partial charge is 0.276 e. The maximum Gasteiger partial charge on any atom is 0.262 e. The van der Waals surface area contributed by atoms with Gasteiger partial charge in [0.1, 0.15) is 0 Å². The van der Waals surface area contributed by atoms with Crippen LogP contribution in [0.3, 0.4) is 0 Å². The Labute approximate surface area is 169 Å². The van der Waals surface area contributed by atoms with Gasteiger partial charge in [-0.2, -0.15) is 5.10 Å². The van der Waals surface area contributed by atoms with Gasteiger partial charge in [0, 0.05) is 6.20 Å². The van der Waals surface area contributed by atoms with E-state index in [0.717, 1.165) is 11.1 Å². The summed E-state index contributed by atoms with van der Waals surface area (Å²) in [5, 5.41) is 5.16. The molecule has 0 saturated carbocycles. The zero-order valence-corrected chi connectivity index (χ0v) is 17.5. The minimum Gasteiger partial charge on any atom is -0.276 e. The van der Waals surface area contributed by atoms with E-state index >= 15 is 0 Å². The third-order valence-corrected chi connectivity index (χ3v) is 6.51. The van der Waals surface area contributed by atoms with Crippen LogP contribution in [0.5, 0.6) is 0 Å². The van der Waals surface area contributed by atoms with Crippen molar-refractivity contribution in [1.29, 1.82) is 0 Å². The van der Waals surface area contributed by atoms with Gasteiger partial charge in [-0.05, 0) is 49.6 Å². The number of nitrogens with one attached hydrogen (secondary N) is 1. The first-order chi connectivity index (χ1) is 12.7. The first-order valence-electron chi connectivity index (χ1n) is 8.23. The second-order valence-electron chi connectivity index (χ2n) is 6.51. The molecule has 1 N–H and O–H groups in total. The Morgan fingerprint density at radius 1 is 1.04 bits per heavy atom. The summed E-state index contributed by atoms with van der Waals surface area (Å²) in [6.45, 7) is 5.97. The third kappa shape index (κ3) is 4.46. The van der Waals surface area contributed by atoms with Crippen molar-refractivity contribution in [2.45, 2.75) is 32.2 Å². The summed E-state index contributed by atoms with van der Waals surface area (Å²) in [7, 11) is -3.71. The Hall–Kier alpha value is -2.02. The number of rotatable bonds is 5. The van der Waals surface area contributed by atoms with Crippen molar-refractivity contribution < 1.29 is 8.42 Å². The first kappa shape index (κ1) is 19.7. The molecular formula is C19H19Cl2N3O2S. The Morgan fingerprint density at radius 3 is 2.33 bits per heavy atom. The fourth-order valence-corrected chi connectivity index (χ4v) is 4.93. The fraction of sp³-hybridized carbons (Fsp3) is 0.211. The molecule has 0 radical (unpaired) electrons. The lowest BCUT2D eigenvalue weighted by atomic mass is 10.1. The average molecular weight is 424 g/mol. The van der Waals surface area contributed by atoms with Crippen LogP contribution in [0.4, 0.5) is 5.69 Å². The standard InChI is InChI=1S/C19H19Cl2N3O2S/c1-12-6-13(2)19(14(3)7-12)27(25,26)23-16-9-22-24(11-16)10-15-4-5-17(20)18(21)8-15/h4-9,11,23H,10H2,1-3H3. The highest BCUT2D eigenvalue weighted by molar-refractivity contribution is 7.92. The van der Waals surface area contributed by atoms with Crippen LogP contribution in [0.2, 0.25) is 10.0 Å². The average Bonchev–Trinajstić information content (AvgIpc) is 2.95. The number of halogens is 2. The smallest absolute Gasteiger partial charge is 0.262 e. The molecule has 0 aliphatic carbocycles. The van der Waals surface area contributed by atoms with Gasteiger partial charge in [0.15, 0.2) is 0 Å². The first-order valence-corrected chi connectivity index (χ1v) is 10.5. The lowest BCUT2D eigenvalue weighted by Crippen LogP contribution is -2.15. The normalized spacial score (nSPS) is 11.6. The molecule has 0 fully saturated rings. The molecule has 0 spiro atoms.